The van der Waals surface area contributed by atoms with Gasteiger partial charge in [-0.25, -0.2) is 0 Å². The van der Waals surface area contributed by atoms with Crippen LogP contribution in [0.5, 0.6) is 0 Å². The van der Waals surface area contributed by atoms with Gasteiger partial charge in [-0.15, -0.1) is 0 Å². The standard InChI is InChI=1S/C14H15N5O2/c20-13(8-16-14(21)10-1-2-10)17-12-7-11(18-19-12)9-3-5-15-6-4-9/h3-7,10H,1-2,8H2,(H,16,21)(H2,17,18,19,20). The number of rotatable bonds is 5. The van der Waals surface area contributed by atoms with Crippen molar-refractivity contribution in [3.63, 3.8) is 0 Å². The fourth-order valence-electron chi connectivity index (χ4n) is 1.91. The quantitative estimate of drug-likeness (QED) is 0.761. The van der Waals surface area contributed by atoms with Gasteiger partial charge in [0, 0.05) is 29.9 Å². The molecule has 1 aliphatic carbocycles. The smallest absolute Gasteiger partial charge is 0.244 e. The summed E-state index contributed by atoms with van der Waals surface area (Å²) in [5.74, 6) is 0.176. The van der Waals surface area contributed by atoms with Gasteiger partial charge in [-0.1, -0.05) is 0 Å². The molecule has 1 fully saturated rings. The number of anilines is 1. The number of hydrogen-bond donors (Lipinski definition) is 3. The van der Waals surface area contributed by atoms with E-state index in [2.05, 4.69) is 25.8 Å². The number of pyridine rings is 1. The van der Waals surface area contributed by atoms with Crippen LogP contribution in [0.4, 0.5) is 5.82 Å². The fraction of sp³-hybridized carbons (Fsp3) is 0.286. The van der Waals surface area contributed by atoms with Crippen LogP contribution in [0.1, 0.15) is 12.8 Å². The van der Waals surface area contributed by atoms with Gasteiger partial charge in [0.2, 0.25) is 11.8 Å². The molecule has 0 saturated heterocycles. The largest absolute Gasteiger partial charge is 0.347 e. The summed E-state index contributed by atoms with van der Waals surface area (Å²) in [5, 5.41) is 12.1. The average Bonchev–Trinajstić information content (AvgIpc) is 3.26. The molecule has 2 aromatic heterocycles. The number of nitrogens with one attached hydrogen (secondary N) is 3. The minimum atomic E-state index is -0.295. The summed E-state index contributed by atoms with van der Waals surface area (Å²) in [6.45, 7) is -0.0349. The van der Waals surface area contributed by atoms with E-state index in [0.29, 0.717) is 5.82 Å². The van der Waals surface area contributed by atoms with Crippen molar-refractivity contribution in [2.45, 2.75) is 12.8 Å². The van der Waals surface area contributed by atoms with Crippen LogP contribution in [0.25, 0.3) is 11.3 Å². The van der Waals surface area contributed by atoms with Crippen LogP contribution in [0.2, 0.25) is 0 Å². The number of carbonyl (C=O) groups is 2. The molecule has 0 aromatic carbocycles. The van der Waals surface area contributed by atoms with E-state index in [9.17, 15) is 9.59 Å². The lowest BCUT2D eigenvalue weighted by Crippen LogP contribution is -2.33. The summed E-state index contributed by atoms with van der Waals surface area (Å²) in [5.41, 5.74) is 1.72. The Morgan fingerprint density at radius 1 is 1.29 bits per heavy atom. The highest BCUT2D eigenvalue weighted by Gasteiger charge is 2.29. The minimum Gasteiger partial charge on any atom is -0.347 e. The van der Waals surface area contributed by atoms with Gasteiger partial charge in [0.25, 0.3) is 0 Å². The van der Waals surface area contributed by atoms with Crippen LogP contribution < -0.4 is 10.6 Å². The van der Waals surface area contributed by atoms with Gasteiger partial charge < -0.3 is 10.6 Å². The molecule has 3 N–H and O–H groups in total. The summed E-state index contributed by atoms with van der Waals surface area (Å²) in [6.07, 6.45) is 5.20. The highest BCUT2D eigenvalue weighted by Crippen LogP contribution is 2.28. The predicted octanol–water partition coefficient (Wildman–Crippen LogP) is 0.936. The Balaban J connectivity index is 1.54. The zero-order chi connectivity index (χ0) is 14.7. The number of aromatic amines is 1. The zero-order valence-electron chi connectivity index (χ0n) is 11.3. The molecule has 2 heterocycles. The van der Waals surface area contributed by atoms with E-state index in [-0.39, 0.29) is 24.3 Å². The molecule has 0 aliphatic heterocycles. The second kappa shape index (κ2) is 5.74. The van der Waals surface area contributed by atoms with Gasteiger partial charge in [0.15, 0.2) is 5.82 Å². The Morgan fingerprint density at radius 3 is 2.76 bits per heavy atom. The monoisotopic (exact) mass is 285 g/mol. The average molecular weight is 285 g/mol. The second-order valence-electron chi connectivity index (χ2n) is 4.94. The third kappa shape index (κ3) is 3.44. The molecule has 7 nitrogen and oxygen atoms in total. The highest BCUT2D eigenvalue weighted by atomic mass is 16.2. The number of carbonyl (C=O) groups excluding carboxylic acids is 2. The van der Waals surface area contributed by atoms with E-state index in [4.69, 9.17) is 0 Å². The first-order valence-corrected chi connectivity index (χ1v) is 6.76. The van der Waals surface area contributed by atoms with E-state index in [1.807, 2.05) is 12.1 Å². The van der Waals surface area contributed by atoms with Crippen molar-refractivity contribution < 1.29 is 9.59 Å². The van der Waals surface area contributed by atoms with Crippen molar-refractivity contribution in [3.05, 3.63) is 30.6 Å². The molecule has 2 aromatic rings. The molecule has 108 valence electrons. The van der Waals surface area contributed by atoms with E-state index < -0.39 is 0 Å². The van der Waals surface area contributed by atoms with E-state index in [1.54, 1.807) is 18.5 Å². The van der Waals surface area contributed by atoms with Crippen molar-refractivity contribution >= 4 is 17.6 Å². The summed E-state index contributed by atoms with van der Waals surface area (Å²) < 4.78 is 0. The second-order valence-corrected chi connectivity index (χ2v) is 4.94. The van der Waals surface area contributed by atoms with Crippen molar-refractivity contribution in [2.75, 3.05) is 11.9 Å². The van der Waals surface area contributed by atoms with Crippen molar-refractivity contribution in [1.82, 2.24) is 20.5 Å². The number of hydrogen-bond acceptors (Lipinski definition) is 4. The van der Waals surface area contributed by atoms with Crippen molar-refractivity contribution in [2.24, 2.45) is 5.92 Å². The Hall–Kier alpha value is -2.70. The lowest BCUT2D eigenvalue weighted by atomic mass is 10.2. The Kier molecular flexibility index (Phi) is 3.63. The number of nitrogens with zero attached hydrogens (tertiary/aromatic N) is 2. The summed E-state index contributed by atoms with van der Waals surface area (Å²) in [7, 11) is 0. The Morgan fingerprint density at radius 2 is 2.05 bits per heavy atom. The maximum Gasteiger partial charge on any atom is 0.244 e. The highest BCUT2D eigenvalue weighted by molar-refractivity contribution is 5.94. The first-order valence-electron chi connectivity index (χ1n) is 6.76. The summed E-state index contributed by atoms with van der Waals surface area (Å²) >= 11 is 0. The predicted molar refractivity (Wildman–Crippen MR) is 76.2 cm³/mol. The van der Waals surface area contributed by atoms with Crippen molar-refractivity contribution in [3.8, 4) is 11.3 Å². The molecule has 0 radical (unpaired) electrons. The molecule has 3 rings (SSSR count). The third-order valence-electron chi connectivity index (χ3n) is 3.21. The molecule has 2 amide bonds. The molecule has 0 bridgehead atoms. The Bertz CT molecular complexity index is 648. The van der Waals surface area contributed by atoms with Gasteiger partial charge in [-0.3, -0.25) is 19.7 Å². The molecule has 0 spiro atoms. The van der Waals surface area contributed by atoms with Gasteiger partial charge in [-0.05, 0) is 25.0 Å². The molecule has 1 aliphatic rings. The van der Waals surface area contributed by atoms with Gasteiger partial charge >= 0.3 is 0 Å². The van der Waals surface area contributed by atoms with Crippen LogP contribution in [0.15, 0.2) is 30.6 Å². The lowest BCUT2D eigenvalue weighted by Gasteiger charge is -2.03. The maximum atomic E-state index is 11.7. The first kappa shape index (κ1) is 13.3. The summed E-state index contributed by atoms with van der Waals surface area (Å²) in [6, 6.07) is 5.42. The molecule has 7 heteroatoms. The van der Waals surface area contributed by atoms with Crippen LogP contribution in [0, 0.1) is 5.92 Å². The van der Waals surface area contributed by atoms with Gasteiger partial charge in [0.1, 0.15) is 0 Å². The molecule has 1 saturated carbocycles. The van der Waals surface area contributed by atoms with E-state index in [0.717, 1.165) is 24.1 Å². The van der Waals surface area contributed by atoms with E-state index in [1.165, 1.54) is 0 Å². The Labute approximate surface area is 121 Å². The van der Waals surface area contributed by atoms with Crippen LogP contribution in [-0.2, 0) is 9.59 Å². The van der Waals surface area contributed by atoms with Crippen LogP contribution in [-0.4, -0.2) is 33.5 Å². The molecule has 21 heavy (non-hydrogen) atoms. The fourth-order valence-corrected chi connectivity index (χ4v) is 1.91. The third-order valence-corrected chi connectivity index (χ3v) is 3.21. The SMILES string of the molecule is O=C(CNC(=O)C1CC1)Nc1cc(-c2ccncc2)[nH]n1. The van der Waals surface area contributed by atoms with Gasteiger partial charge in [0.05, 0.1) is 12.2 Å². The molecule has 0 unspecified atom stereocenters. The number of aromatic nitrogens is 3. The zero-order valence-corrected chi connectivity index (χ0v) is 11.3. The topological polar surface area (TPSA) is 99.8 Å². The lowest BCUT2D eigenvalue weighted by molar-refractivity contribution is -0.125. The minimum absolute atomic E-state index is 0.0349. The maximum absolute atomic E-state index is 11.7. The molecular formula is C14H15N5O2. The normalized spacial score (nSPS) is 13.7. The van der Waals surface area contributed by atoms with Crippen LogP contribution in [0.3, 0.4) is 0 Å². The van der Waals surface area contributed by atoms with E-state index >= 15 is 0 Å². The number of amides is 2. The summed E-state index contributed by atoms with van der Waals surface area (Å²) in [4.78, 5) is 27.1. The molecule has 0 atom stereocenters. The van der Waals surface area contributed by atoms with Crippen molar-refractivity contribution in [1.29, 1.82) is 0 Å². The van der Waals surface area contributed by atoms with Gasteiger partial charge in [-0.2, -0.15) is 5.10 Å². The first-order chi connectivity index (χ1) is 10.2. The number of H-pyrrole nitrogens is 1. The molecular weight excluding hydrogens is 270 g/mol. The van der Waals surface area contributed by atoms with Crippen LogP contribution >= 0.6 is 0 Å².